The zero-order valence-corrected chi connectivity index (χ0v) is 21.1. The van der Waals surface area contributed by atoms with Crippen LogP contribution >= 0.6 is 0 Å². The van der Waals surface area contributed by atoms with Crippen LogP contribution in [0.15, 0.2) is 97.1 Å². The Hall–Kier alpha value is -3.87. The van der Waals surface area contributed by atoms with Gasteiger partial charge in [-0.15, -0.1) is 0 Å². The van der Waals surface area contributed by atoms with Crippen LogP contribution in [0.3, 0.4) is 0 Å². The average Bonchev–Trinajstić information content (AvgIpc) is 2.91. The van der Waals surface area contributed by atoms with Crippen LogP contribution in [0.1, 0.15) is 32.1 Å². The van der Waals surface area contributed by atoms with E-state index in [9.17, 15) is 17.6 Å². The van der Waals surface area contributed by atoms with Crippen molar-refractivity contribution in [1.29, 1.82) is 0 Å². The molecule has 0 bridgehead atoms. The third-order valence-electron chi connectivity index (χ3n) is 7.33. The van der Waals surface area contributed by atoms with Gasteiger partial charge in [0.1, 0.15) is 29.4 Å². The zero-order chi connectivity index (χ0) is 27.0. The van der Waals surface area contributed by atoms with Crippen LogP contribution < -0.4 is 32.6 Å². The summed E-state index contributed by atoms with van der Waals surface area (Å²) in [6, 6.07) is 24.2. The molecule has 0 amide bonds. The second-order valence-electron chi connectivity index (χ2n) is 9.75. The summed E-state index contributed by atoms with van der Waals surface area (Å²) in [5, 5.41) is 8.36. The minimum Gasteiger partial charge on any atom is -0.294 e. The summed E-state index contributed by atoms with van der Waals surface area (Å²) in [5.74, 6) is -1.95. The number of hydrogen-bond donors (Lipinski definition) is 2. The van der Waals surface area contributed by atoms with Gasteiger partial charge in [-0.25, -0.2) is 17.6 Å². The minimum absolute atomic E-state index is 0.488. The van der Waals surface area contributed by atoms with Crippen molar-refractivity contribution in [2.45, 2.75) is 38.1 Å². The molecular weight excluding hydrogens is 487 g/mol. The average molecular weight is 518 g/mol. The molecule has 3 N–H and O–H groups in total. The van der Waals surface area contributed by atoms with E-state index in [0.29, 0.717) is 27.9 Å². The minimum atomic E-state index is -2.25. The molecule has 1 aliphatic carbocycles. The first-order valence-corrected chi connectivity index (χ1v) is 12.9. The van der Waals surface area contributed by atoms with Gasteiger partial charge >= 0.3 is 0 Å². The van der Waals surface area contributed by atoms with Crippen LogP contribution in [0, 0.1) is 23.3 Å². The molecule has 1 fully saturated rings. The highest BCUT2D eigenvalue weighted by Crippen LogP contribution is 2.16. The van der Waals surface area contributed by atoms with Crippen molar-refractivity contribution >= 4 is 34.3 Å². The second kappa shape index (κ2) is 12.6. The summed E-state index contributed by atoms with van der Waals surface area (Å²) in [6.07, 6.45) is 6.05. The number of rotatable bonds is 6. The van der Waals surface area contributed by atoms with E-state index in [1.165, 1.54) is 80.6 Å². The molecule has 196 valence electrons. The lowest BCUT2D eigenvalue weighted by molar-refractivity contribution is -0.110. The number of nitrogens with two attached hydrogens (primary N) is 1. The van der Waals surface area contributed by atoms with E-state index < -0.39 is 29.4 Å². The molecule has 0 heterocycles. The van der Waals surface area contributed by atoms with E-state index >= 15 is 0 Å². The summed E-state index contributed by atoms with van der Waals surface area (Å²) in [5.41, 5.74) is 1.97. The molecule has 0 atom stereocenters. The van der Waals surface area contributed by atoms with Gasteiger partial charge in [0.2, 0.25) is 6.34 Å². The van der Waals surface area contributed by atoms with Gasteiger partial charge in [0.05, 0.1) is 6.04 Å². The summed E-state index contributed by atoms with van der Waals surface area (Å²) >= 11 is 0. The first kappa shape index (κ1) is 27.2. The lowest BCUT2D eigenvalue weighted by atomic mass is 9.13. The van der Waals surface area contributed by atoms with Crippen LogP contribution in [0.25, 0.3) is 0 Å². The van der Waals surface area contributed by atoms with Crippen LogP contribution in [0.5, 0.6) is 0 Å². The Labute approximate surface area is 221 Å². The Kier molecular flexibility index (Phi) is 9.00. The fourth-order valence-corrected chi connectivity index (χ4v) is 5.66. The van der Waals surface area contributed by atoms with Gasteiger partial charge in [0.25, 0.3) is 0 Å². The molecule has 7 heteroatoms. The van der Waals surface area contributed by atoms with Gasteiger partial charge in [-0.3, -0.25) is 10.7 Å². The van der Waals surface area contributed by atoms with Crippen molar-refractivity contribution in [3.8, 4) is 0 Å². The molecule has 1 saturated carbocycles. The van der Waals surface area contributed by atoms with E-state index in [4.69, 9.17) is 5.41 Å². The highest BCUT2D eigenvalue weighted by atomic mass is 19.1. The summed E-state index contributed by atoms with van der Waals surface area (Å²) in [6.45, 7) is 0. The third kappa shape index (κ3) is 6.16. The van der Waals surface area contributed by atoms with Crippen molar-refractivity contribution in [2.75, 3.05) is 0 Å². The molecular formula is C31H31BF4N2. The van der Waals surface area contributed by atoms with Crippen molar-refractivity contribution in [2.24, 2.45) is 0 Å². The topological polar surface area (TPSA) is 37.6 Å². The van der Waals surface area contributed by atoms with Crippen LogP contribution in [0.4, 0.5) is 17.6 Å². The Morgan fingerprint density at radius 2 is 0.921 bits per heavy atom. The van der Waals surface area contributed by atoms with Gasteiger partial charge in [-0.05, 0) is 49.9 Å². The van der Waals surface area contributed by atoms with Crippen molar-refractivity contribution in [3.63, 3.8) is 0 Å². The lowest BCUT2D eigenvalue weighted by Gasteiger charge is -2.44. The van der Waals surface area contributed by atoms with E-state index in [0.717, 1.165) is 0 Å². The molecule has 2 nitrogen and oxygen atoms in total. The molecule has 0 aromatic heterocycles. The summed E-state index contributed by atoms with van der Waals surface area (Å²) in [7, 11) is 0. The quantitative estimate of drug-likeness (QED) is 0.175. The molecule has 0 saturated heterocycles. The lowest BCUT2D eigenvalue weighted by Crippen LogP contribution is -2.75. The maximum absolute atomic E-state index is 14.3. The molecule has 38 heavy (non-hydrogen) atoms. The fourth-order valence-electron chi connectivity index (χ4n) is 5.66. The Morgan fingerprint density at radius 3 is 1.21 bits per heavy atom. The maximum Gasteiger partial charge on any atom is 0.227 e. The zero-order valence-electron chi connectivity index (χ0n) is 21.1. The first-order valence-electron chi connectivity index (χ1n) is 12.9. The second-order valence-corrected chi connectivity index (χ2v) is 9.75. The van der Waals surface area contributed by atoms with Gasteiger partial charge in [0, 0.05) is 0 Å². The number of nitrogens with one attached hydrogen (secondary N) is 1. The van der Waals surface area contributed by atoms with Crippen molar-refractivity contribution in [1.82, 2.24) is 5.32 Å². The van der Waals surface area contributed by atoms with Crippen LogP contribution in [0.2, 0.25) is 0 Å². The number of hydrogen-bond acceptors (Lipinski definition) is 0. The third-order valence-corrected chi connectivity index (χ3v) is 7.33. The molecule has 0 spiro atoms. The standard InChI is InChI=1S/C24H16BF4.C7H14N2/c26-21-9-1-5-17(13-21)25(18-6-2-10-22(27)14-18,19-7-3-11-23(28)15-19)20-8-4-12-24(29)16-20;8-6-9-7-4-2-1-3-5-7/h1-16H;6-7H,1-5H2,(H2,8,9)/q-1;/p+1. The molecule has 1 aliphatic rings. The SMILES string of the molecule is Fc1cccc([B-](c2cccc(F)c2)(c2cccc(F)c2)c2cccc(F)c2)c1.[NH2+]=CNC1CCCCC1. The molecule has 0 unspecified atom stereocenters. The molecule has 0 aliphatic heterocycles. The van der Waals surface area contributed by atoms with Crippen molar-refractivity contribution < 1.29 is 23.0 Å². The maximum atomic E-state index is 14.3. The monoisotopic (exact) mass is 518 g/mol. The number of benzene rings is 4. The Balaban J connectivity index is 0.000000317. The largest absolute Gasteiger partial charge is 0.294 e. The van der Waals surface area contributed by atoms with Crippen molar-refractivity contribution in [3.05, 3.63) is 120 Å². The predicted octanol–water partition coefficient (Wildman–Crippen LogP) is 3.32. The fraction of sp³-hybridized carbons (Fsp3) is 0.194. The molecule has 5 rings (SSSR count). The van der Waals surface area contributed by atoms with Gasteiger partial charge in [-0.2, -0.15) is 21.9 Å². The van der Waals surface area contributed by atoms with Gasteiger partial charge < -0.3 is 0 Å². The first-order chi connectivity index (χ1) is 18.4. The highest BCUT2D eigenvalue weighted by Gasteiger charge is 2.33. The van der Waals surface area contributed by atoms with E-state index in [1.54, 1.807) is 54.9 Å². The Morgan fingerprint density at radius 1 is 0.579 bits per heavy atom. The van der Waals surface area contributed by atoms with Crippen LogP contribution in [-0.4, -0.2) is 18.5 Å². The van der Waals surface area contributed by atoms with E-state index in [2.05, 4.69) is 5.32 Å². The Bertz CT molecular complexity index is 1180. The van der Waals surface area contributed by atoms with E-state index in [-0.39, 0.29) is 0 Å². The molecule has 0 radical (unpaired) electrons. The smallest absolute Gasteiger partial charge is 0.227 e. The highest BCUT2D eigenvalue weighted by molar-refractivity contribution is 7.19. The summed E-state index contributed by atoms with van der Waals surface area (Å²) in [4.78, 5) is 0. The molecule has 4 aromatic carbocycles. The summed E-state index contributed by atoms with van der Waals surface area (Å²) < 4.78 is 57.1. The normalized spacial score (nSPS) is 13.8. The van der Waals surface area contributed by atoms with Gasteiger partial charge in [0.15, 0.2) is 0 Å². The molecule has 4 aromatic rings. The van der Waals surface area contributed by atoms with E-state index in [1.807, 2.05) is 0 Å². The van der Waals surface area contributed by atoms with Crippen LogP contribution in [-0.2, 0) is 0 Å². The predicted molar refractivity (Wildman–Crippen MR) is 148 cm³/mol. The van der Waals surface area contributed by atoms with Gasteiger partial charge in [-0.1, -0.05) is 79.2 Å². The number of halogens is 4.